The van der Waals surface area contributed by atoms with Crippen molar-refractivity contribution < 1.29 is 0 Å². The van der Waals surface area contributed by atoms with E-state index < -0.39 is 0 Å². The molecule has 0 aromatic carbocycles. The fourth-order valence-electron chi connectivity index (χ4n) is 9.21. The first kappa shape index (κ1) is 55.1. The largest absolute Gasteiger partial charge is 0.238 e. The average Bonchev–Trinajstić information content (AvgIpc) is 3.23. The second kappa shape index (κ2) is 45.6. The van der Waals surface area contributed by atoms with Gasteiger partial charge in [-0.2, -0.15) is 0 Å². The van der Waals surface area contributed by atoms with E-state index in [0.717, 1.165) is 37.9 Å². The summed E-state index contributed by atoms with van der Waals surface area (Å²) in [5.74, 6) is 1.12. The van der Waals surface area contributed by atoms with E-state index in [1.165, 1.54) is 287 Å². The molecule has 0 unspecified atom stereocenters. The molecule has 58 heavy (non-hydrogen) atoms. The van der Waals surface area contributed by atoms with E-state index in [-0.39, 0.29) is 0 Å². The first-order chi connectivity index (χ1) is 28.8. The molecule has 341 valence electrons. The van der Waals surface area contributed by atoms with Crippen molar-refractivity contribution in [2.45, 2.75) is 329 Å². The fourth-order valence-corrected chi connectivity index (χ4v) is 9.21. The Labute approximate surface area is 367 Å². The number of unbranched alkanes of at least 4 members (excludes halogenated alkanes) is 40. The fraction of sp³-hybridized carbons (Fsp3) is 0.911. The highest BCUT2D eigenvalue weighted by atomic mass is 14.9. The summed E-state index contributed by atoms with van der Waals surface area (Å²) in [5.41, 5.74) is 4.44. The van der Waals surface area contributed by atoms with E-state index in [4.69, 9.17) is 9.97 Å². The maximum Gasteiger partial charge on any atom is 0.128 e. The van der Waals surface area contributed by atoms with E-state index >= 15 is 0 Å². The molecule has 0 saturated heterocycles. The summed E-state index contributed by atoms with van der Waals surface area (Å²) in [5, 5.41) is 0. The standard InChI is InChI=1S/C56H107N2/c1-5-9-13-16-19-22-25-28-31-34-37-40-43-46-49-53-54(50-47-44-41-38-35-32-29-26-23-20-17-14-10-6-2)57-56(52-12-8-4)58-55(53)51-48-45-42-39-36-33-30-27-24-21-18-15-11-7-3/h4-52H2,1-3H3. The van der Waals surface area contributed by atoms with Crippen LogP contribution in [-0.2, 0) is 25.7 Å². The molecule has 1 aromatic heterocycles. The molecule has 0 atom stereocenters. The summed E-state index contributed by atoms with van der Waals surface area (Å²) in [4.78, 5) is 10.7. The summed E-state index contributed by atoms with van der Waals surface area (Å²) in [6.07, 6.45) is 66.3. The normalized spacial score (nSPS) is 11.7. The minimum Gasteiger partial charge on any atom is -0.238 e. The van der Waals surface area contributed by atoms with Crippen molar-refractivity contribution in [3.05, 3.63) is 29.7 Å². The van der Waals surface area contributed by atoms with Gasteiger partial charge < -0.3 is 0 Å². The minimum atomic E-state index is 0.979. The van der Waals surface area contributed by atoms with Crippen LogP contribution in [0.25, 0.3) is 0 Å². The van der Waals surface area contributed by atoms with E-state index in [1.807, 2.05) is 0 Å². The van der Waals surface area contributed by atoms with Crippen LogP contribution in [0.2, 0.25) is 0 Å². The van der Waals surface area contributed by atoms with Crippen LogP contribution in [-0.4, -0.2) is 9.97 Å². The van der Waals surface area contributed by atoms with Crippen LogP contribution in [0.4, 0.5) is 0 Å². The molecule has 0 saturated carbocycles. The van der Waals surface area contributed by atoms with Gasteiger partial charge in [0.05, 0.1) is 0 Å². The van der Waals surface area contributed by atoms with Crippen molar-refractivity contribution >= 4 is 0 Å². The quantitative estimate of drug-likeness (QED) is 0.0613. The highest BCUT2D eigenvalue weighted by Crippen LogP contribution is 2.23. The maximum atomic E-state index is 5.33. The smallest absolute Gasteiger partial charge is 0.128 e. The number of nitrogens with zero attached hydrogens (tertiary/aromatic N) is 2. The molecule has 1 aromatic rings. The SMILES string of the molecule is [CH2]CCCc1nc(CCCCCCCCCCCCCCCC)c(CCCCCCCCCCCCCCCC)c(CCCCCCCCCCCCCCCC)n1. The van der Waals surface area contributed by atoms with Crippen LogP contribution in [0.1, 0.15) is 326 Å². The molecule has 1 radical (unpaired) electrons. The van der Waals surface area contributed by atoms with Crippen molar-refractivity contribution in [3.63, 3.8) is 0 Å². The van der Waals surface area contributed by atoms with Gasteiger partial charge in [0.1, 0.15) is 5.82 Å². The Morgan fingerprint density at radius 1 is 0.259 bits per heavy atom. The monoisotopic (exact) mass is 808 g/mol. The lowest BCUT2D eigenvalue weighted by molar-refractivity contribution is 0.531. The Kier molecular flexibility index (Phi) is 43.3. The Balaban J connectivity index is 2.56. The summed E-state index contributed by atoms with van der Waals surface area (Å²) in [6.45, 7) is 11.1. The Morgan fingerprint density at radius 2 is 0.483 bits per heavy atom. The van der Waals surface area contributed by atoms with Crippen LogP contribution in [0.3, 0.4) is 0 Å². The van der Waals surface area contributed by atoms with Gasteiger partial charge in [-0.1, -0.05) is 285 Å². The third-order valence-electron chi connectivity index (χ3n) is 13.2. The Bertz CT molecular complexity index is 886. The van der Waals surface area contributed by atoms with Crippen molar-refractivity contribution in [2.75, 3.05) is 0 Å². The highest BCUT2D eigenvalue weighted by molar-refractivity contribution is 5.27. The first-order valence-corrected chi connectivity index (χ1v) is 27.4. The van der Waals surface area contributed by atoms with Gasteiger partial charge >= 0.3 is 0 Å². The van der Waals surface area contributed by atoms with Crippen molar-refractivity contribution in [1.82, 2.24) is 9.97 Å². The van der Waals surface area contributed by atoms with Gasteiger partial charge in [-0.3, -0.25) is 0 Å². The Morgan fingerprint density at radius 3 is 0.724 bits per heavy atom. The lowest BCUT2D eigenvalue weighted by Gasteiger charge is -2.16. The molecule has 0 aliphatic rings. The van der Waals surface area contributed by atoms with Gasteiger partial charge in [0, 0.05) is 17.8 Å². The van der Waals surface area contributed by atoms with Crippen molar-refractivity contribution in [1.29, 1.82) is 0 Å². The van der Waals surface area contributed by atoms with Crippen LogP contribution in [0.5, 0.6) is 0 Å². The summed E-state index contributed by atoms with van der Waals surface area (Å²) < 4.78 is 0. The number of hydrogen-bond donors (Lipinski definition) is 0. The molecule has 0 amide bonds. The zero-order valence-electron chi connectivity index (χ0n) is 40.5. The molecule has 2 nitrogen and oxygen atoms in total. The van der Waals surface area contributed by atoms with Gasteiger partial charge in [-0.25, -0.2) is 9.97 Å². The van der Waals surface area contributed by atoms with Gasteiger partial charge in [0.2, 0.25) is 0 Å². The molecule has 0 fully saturated rings. The predicted molar refractivity (Wildman–Crippen MR) is 262 cm³/mol. The number of aryl methyl sites for hydroxylation is 3. The van der Waals surface area contributed by atoms with E-state index in [9.17, 15) is 0 Å². The van der Waals surface area contributed by atoms with Crippen LogP contribution >= 0.6 is 0 Å². The van der Waals surface area contributed by atoms with Gasteiger partial charge in [0.25, 0.3) is 0 Å². The van der Waals surface area contributed by atoms with Crippen LogP contribution in [0.15, 0.2) is 0 Å². The lowest BCUT2D eigenvalue weighted by atomic mass is 9.96. The number of hydrogen-bond acceptors (Lipinski definition) is 2. The van der Waals surface area contributed by atoms with Gasteiger partial charge in [0.15, 0.2) is 0 Å². The van der Waals surface area contributed by atoms with Crippen molar-refractivity contribution in [2.24, 2.45) is 0 Å². The molecule has 0 bridgehead atoms. The molecule has 0 spiro atoms. The topological polar surface area (TPSA) is 25.8 Å². The van der Waals surface area contributed by atoms with Gasteiger partial charge in [-0.05, 0) is 50.5 Å². The molecule has 1 rings (SSSR count). The van der Waals surface area contributed by atoms with Crippen molar-refractivity contribution in [3.8, 4) is 0 Å². The first-order valence-electron chi connectivity index (χ1n) is 27.4. The molecule has 2 heteroatoms. The average molecular weight is 808 g/mol. The molecule has 0 aliphatic carbocycles. The summed E-state index contributed by atoms with van der Waals surface area (Å²) in [7, 11) is 0. The molecule has 0 aliphatic heterocycles. The minimum absolute atomic E-state index is 0.979. The van der Waals surface area contributed by atoms with E-state index in [0.29, 0.717) is 0 Å². The second-order valence-electron chi connectivity index (χ2n) is 19.0. The van der Waals surface area contributed by atoms with Crippen LogP contribution < -0.4 is 0 Å². The number of aromatic nitrogens is 2. The highest BCUT2D eigenvalue weighted by Gasteiger charge is 2.15. The van der Waals surface area contributed by atoms with Gasteiger partial charge in [-0.15, -0.1) is 0 Å². The zero-order valence-corrected chi connectivity index (χ0v) is 40.5. The van der Waals surface area contributed by atoms with E-state index in [1.54, 1.807) is 5.56 Å². The third-order valence-corrected chi connectivity index (χ3v) is 13.2. The molecule has 1 heterocycles. The summed E-state index contributed by atoms with van der Waals surface area (Å²) >= 11 is 0. The number of rotatable bonds is 48. The second-order valence-corrected chi connectivity index (χ2v) is 19.0. The molecular weight excluding hydrogens is 701 g/mol. The maximum absolute atomic E-state index is 5.33. The van der Waals surface area contributed by atoms with Crippen LogP contribution in [0, 0.1) is 6.92 Å². The Hall–Kier alpha value is -0.920. The molecule has 0 N–H and O–H groups in total. The zero-order chi connectivity index (χ0) is 41.7. The lowest BCUT2D eigenvalue weighted by Crippen LogP contribution is -2.11. The molecular formula is C56H107N2. The predicted octanol–water partition coefficient (Wildman–Crippen LogP) is 19.7. The summed E-state index contributed by atoms with van der Waals surface area (Å²) in [6, 6.07) is 0. The van der Waals surface area contributed by atoms with E-state index in [2.05, 4.69) is 27.7 Å². The third kappa shape index (κ3) is 35.8.